The molecule has 9 rings (SSSR count). The number of hydrogen-bond acceptors (Lipinski definition) is 13. The molecule has 3 aromatic carbocycles. The third-order valence-corrected chi connectivity index (χ3v) is 14.7. The van der Waals surface area contributed by atoms with Crippen LogP contribution in [-0.2, 0) is 19.5 Å². The van der Waals surface area contributed by atoms with Crippen LogP contribution in [0.15, 0.2) is 89.5 Å². The molecule has 0 bridgehead atoms. The van der Waals surface area contributed by atoms with E-state index in [9.17, 15) is 36.5 Å². The van der Waals surface area contributed by atoms with Crippen molar-refractivity contribution in [3.8, 4) is 5.88 Å². The normalized spacial score (nSPS) is 20.3. The first-order valence-electron chi connectivity index (χ1n) is 22.8. The van der Waals surface area contributed by atoms with Gasteiger partial charge in [-0.1, -0.05) is 43.2 Å². The second-order valence-electron chi connectivity index (χ2n) is 18.5. The number of pyridine rings is 1. The number of piperazine rings is 1. The van der Waals surface area contributed by atoms with Gasteiger partial charge in [0.25, 0.3) is 21.6 Å². The molecule has 0 unspecified atom stereocenters. The quantitative estimate of drug-likeness (QED) is 0.0798. The van der Waals surface area contributed by atoms with Crippen LogP contribution in [0.25, 0.3) is 16.6 Å². The Morgan fingerprint density at radius 2 is 1.78 bits per heavy atom. The molecule has 4 aliphatic rings. The van der Waals surface area contributed by atoms with E-state index in [-0.39, 0.29) is 65.4 Å². The molecule has 1 amide bonds. The largest absolute Gasteiger partial charge is 0.463 e. The fourth-order valence-electron chi connectivity index (χ4n) is 9.40. The first-order valence-corrected chi connectivity index (χ1v) is 24.6. The Morgan fingerprint density at radius 1 is 1.00 bits per heavy atom. The summed E-state index contributed by atoms with van der Waals surface area (Å²) in [7, 11) is -4.77. The van der Waals surface area contributed by atoms with Crippen LogP contribution in [0.1, 0.15) is 55.5 Å². The van der Waals surface area contributed by atoms with Gasteiger partial charge in [0.2, 0.25) is 5.88 Å². The van der Waals surface area contributed by atoms with Crippen LogP contribution < -0.4 is 24.6 Å². The molecule has 5 heterocycles. The molecule has 16 nitrogen and oxygen atoms in total. The average molecular weight is 994 g/mol. The van der Waals surface area contributed by atoms with Gasteiger partial charge in [0, 0.05) is 80.6 Å². The third-order valence-electron chi connectivity index (χ3n) is 13.2. The summed E-state index contributed by atoms with van der Waals surface area (Å²) in [5.41, 5.74) is 4.53. The highest BCUT2D eigenvalue weighted by Gasteiger charge is 2.45. The van der Waals surface area contributed by atoms with Gasteiger partial charge in [0.05, 0.1) is 47.0 Å². The number of carbonyl (C=O) groups excluding carboxylic acids is 1. The molecule has 2 aromatic heterocycles. The van der Waals surface area contributed by atoms with Gasteiger partial charge >= 0.3 is 6.18 Å². The van der Waals surface area contributed by atoms with E-state index < -0.39 is 50.1 Å². The summed E-state index contributed by atoms with van der Waals surface area (Å²) in [6.45, 7) is 8.86. The van der Waals surface area contributed by atoms with Crippen molar-refractivity contribution in [1.29, 1.82) is 0 Å². The van der Waals surface area contributed by atoms with Crippen molar-refractivity contribution in [2.45, 2.75) is 62.8 Å². The summed E-state index contributed by atoms with van der Waals surface area (Å²) in [6.07, 6.45) is -3.36. The van der Waals surface area contributed by atoms with E-state index in [2.05, 4.69) is 55.8 Å². The number of fused-ring (bicyclic) bond motifs is 2. The molecule has 69 heavy (non-hydrogen) atoms. The number of benzene rings is 3. The maximum atomic E-state index is 14.4. The number of rotatable bonds is 12. The van der Waals surface area contributed by atoms with Crippen LogP contribution in [0, 0.1) is 15.5 Å². The zero-order valence-corrected chi connectivity index (χ0v) is 39.6. The summed E-state index contributed by atoms with van der Waals surface area (Å²) in [6, 6.07) is 19.3. The number of nitrogens with one attached hydrogen (secondary N) is 3. The predicted molar refractivity (Wildman–Crippen MR) is 256 cm³/mol. The van der Waals surface area contributed by atoms with E-state index in [4.69, 9.17) is 25.8 Å². The van der Waals surface area contributed by atoms with Gasteiger partial charge in [-0.05, 0) is 90.4 Å². The number of carbonyl (C=O) groups is 1. The minimum Gasteiger partial charge on any atom is -0.463 e. The summed E-state index contributed by atoms with van der Waals surface area (Å²) in [5, 5.41) is 16.3. The molecule has 0 radical (unpaired) electrons. The number of nitrogens with zero attached hydrogens (tertiary/aromatic N) is 5. The fourth-order valence-corrected chi connectivity index (χ4v) is 10.5. The van der Waals surface area contributed by atoms with Crippen molar-refractivity contribution in [3.63, 3.8) is 0 Å². The molecular formula is C48H52ClF3N8O8S. The average Bonchev–Trinajstić information content (AvgIpc) is 3.69. The van der Waals surface area contributed by atoms with Crippen LogP contribution in [0.4, 0.5) is 41.6 Å². The molecule has 366 valence electrons. The lowest BCUT2D eigenvalue weighted by atomic mass is 9.72. The zero-order chi connectivity index (χ0) is 48.7. The number of anilines is 4. The molecule has 0 spiro atoms. The highest BCUT2D eigenvalue weighted by atomic mass is 35.5. The number of ether oxygens (including phenoxy) is 3. The van der Waals surface area contributed by atoms with Crippen LogP contribution in [-0.4, -0.2) is 118 Å². The summed E-state index contributed by atoms with van der Waals surface area (Å²) >= 11 is 6.25. The van der Waals surface area contributed by atoms with Gasteiger partial charge < -0.3 is 34.3 Å². The SMILES string of the molecule is CC1(C)CCC(CN2CCN(c3ccc(C(=O)NS(=O)(=O)c4ccc(NC[C@@H]5COCCO5)c([N+](=O)[O-])c4)c(N4CC[C@@H](C(F)(F)F)Oc5nc6[nH]ccc6cc54)c3)CC2)=C(c2ccc(Cl)cc2)C1. The molecule has 2 saturated heterocycles. The van der Waals surface area contributed by atoms with Crippen LogP contribution >= 0.6 is 11.6 Å². The second-order valence-corrected chi connectivity index (χ2v) is 20.6. The van der Waals surface area contributed by atoms with Gasteiger partial charge in [-0.15, -0.1) is 0 Å². The Morgan fingerprint density at radius 3 is 2.51 bits per heavy atom. The van der Waals surface area contributed by atoms with Crippen molar-refractivity contribution in [2.75, 3.05) is 80.8 Å². The number of amides is 1. The number of nitro groups is 1. The fraction of sp³-hybridized carbons (Fsp3) is 0.417. The number of aromatic amines is 1. The summed E-state index contributed by atoms with van der Waals surface area (Å²) in [5.74, 6) is -1.44. The van der Waals surface area contributed by atoms with E-state index in [0.717, 1.165) is 37.9 Å². The third kappa shape index (κ3) is 10.8. The van der Waals surface area contributed by atoms with E-state index in [1.54, 1.807) is 30.5 Å². The van der Waals surface area contributed by atoms with E-state index in [0.29, 0.717) is 55.5 Å². The zero-order valence-electron chi connectivity index (χ0n) is 38.0. The monoisotopic (exact) mass is 992 g/mol. The van der Waals surface area contributed by atoms with Crippen LogP contribution in [0.5, 0.6) is 5.88 Å². The highest BCUT2D eigenvalue weighted by Crippen LogP contribution is 2.45. The van der Waals surface area contributed by atoms with Gasteiger partial charge in [-0.2, -0.15) is 18.2 Å². The Balaban J connectivity index is 1.02. The molecule has 2 atom stereocenters. The number of allylic oxidation sites excluding steroid dienone is 1. The maximum absolute atomic E-state index is 14.4. The molecule has 1 aliphatic carbocycles. The standard InChI is InChI=1S/C48H52ClF3N8O8S/c1-47(2)14-11-32(38(26-47)30-3-5-33(49)6-4-30)28-57-17-19-58(20-18-57)34-7-9-37(40(24-34)59-16-13-43(48(50,51)52)68-46-42(59)23-31-12-15-53-44(31)55-46)45(61)56-69(64,65)36-8-10-39(41(25-36)60(62)63)54-27-35-29-66-21-22-67-35/h3-10,12,15,23-25,35,43,54H,11,13-14,16-22,26-29H2,1-2H3,(H,53,55)(H,56,61)/t35-,43+/m1/s1. The van der Waals surface area contributed by atoms with Crippen molar-refractivity contribution >= 4 is 72.6 Å². The maximum Gasteiger partial charge on any atom is 0.425 e. The Hall–Kier alpha value is -5.93. The number of nitro benzene ring substituents is 1. The van der Waals surface area contributed by atoms with Gasteiger partial charge in [-0.25, -0.2) is 13.1 Å². The van der Waals surface area contributed by atoms with Crippen molar-refractivity contribution in [2.24, 2.45) is 5.41 Å². The molecule has 2 fully saturated rings. The molecule has 3 N–H and O–H groups in total. The highest BCUT2D eigenvalue weighted by molar-refractivity contribution is 7.90. The molecule has 21 heteroatoms. The smallest absolute Gasteiger partial charge is 0.425 e. The first-order chi connectivity index (χ1) is 32.9. The number of aromatic nitrogens is 2. The van der Waals surface area contributed by atoms with E-state index in [1.165, 1.54) is 33.7 Å². The topological polar surface area (TPSA) is 185 Å². The lowest BCUT2D eigenvalue weighted by molar-refractivity contribution is -0.384. The predicted octanol–water partition coefficient (Wildman–Crippen LogP) is 8.71. The number of sulfonamides is 1. The lowest BCUT2D eigenvalue weighted by Crippen LogP contribution is -2.47. The number of hydrogen-bond donors (Lipinski definition) is 3. The molecular weight excluding hydrogens is 941 g/mol. The number of H-pyrrole nitrogens is 1. The van der Waals surface area contributed by atoms with Crippen molar-refractivity contribution in [1.82, 2.24) is 19.6 Å². The number of halogens is 4. The minimum atomic E-state index is -4.77. The lowest BCUT2D eigenvalue weighted by Gasteiger charge is -2.39. The molecule has 5 aromatic rings. The van der Waals surface area contributed by atoms with E-state index >= 15 is 0 Å². The second kappa shape index (κ2) is 19.5. The van der Waals surface area contributed by atoms with E-state index in [1.807, 2.05) is 12.1 Å². The first kappa shape index (κ1) is 48.1. The summed E-state index contributed by atoms with van der Waals surface area (Å²) < 4.78 is 89.8. The van der Waals surface area contributed by atoms with Crippen molar-refractivity contribution < 1.29 is 45.5 Å². The van der Waals surface area contributed by atoms with Crippen LogP contribution in [0.2, 0.25) is 5.02 Å². The Labute approximate surface area is 401 Å². The number of alkyl halides is 3. The van der Waals surface area contributed by atoms with Crippen molar-refractivity contribution in [3.05, 3.63) is 111 Å². The Kier molecular flexibility index (Phi) is 13.6. The summed E-state index contributed by atoms with van der Waals surface area (Å²) in [4.78, 5) is 38.6. The van der Waals surface area contributed by atoms with Gasteiger partial charge in [0.15, 0.2) is 6.10 Å². The van der Waals surface area contributed by atoms with Crippen LogP contribution in [0.3, 0.4) is 0 Å². The molecule has 3 aliphatic heterocycles. The minimum absolute atomic E-state index is 0.0281. The van der Waals surface area contributed by atoms with Gasteiger partial charge in [0.1, 0.15) is 17.0 Å². The van der Waals surface area contributed by atoms with Gasteiger partial charge in [-0.3, -0.25) is 19.8 Å². The molecule has 0 saturated carbocycles. The Bertz CT molecular complexity index is 2880.